The van der Waals surface area contributed by atoms with E-state index in [0.29, 0.717) is 0 Å². The first-order valence-electron chi connectivity index (χ1n) is 7.39. The first-order valence-corrected chi connectivity index (χ1v) is 8.18. The molecule has 1 aromatic rings. The van der Waals surface area contributed by atoms with Gasteiger partial charge in [-0.25, -0.2) is 0 Å². The zero-order valence-electron chi connectivity index (χ0n) is 11.6. The van der Waals surface area contributed by atoms with Crippen LogP contribution in [-0.4, -0.2) is 18.5 Å². The van der Waals surface area contributed by atoms with Crippen molar-refractivity contribution in [2.45, 2.75) is 43.6 Å². The SMILES string of the molecule is NC1CCC(C(=O)NCC2(c3ccccc3Br)CC2)C1. The molecule has 3 nitrogen and oxygen atoms in total. The molecule has 20 heavy (non-hydrogen) atoms. The predicted molar refractivity (Wildman–Crippen MR) is 83.4 cm³/mol. The average molecular weight is 337 g/mol. The molecule has 3 rings (SSSR count). The van der Waals surface area contributed by atoms with Crippen molar-refractivity contribution in [3.05, 3.63) is 34.3 Å². The van der Waals surface area contributed by atoms with Crippen molar-refractivity contribution in [2.75, 3.05) is 6.54 Å². The molecule has 0 heterocycles. The third kappa shape index (κ3) is 2.77. The molecule has 2 aliphatic rings. The summed E-state index contributed by atoms with van der Waals surface area (Å²) in [5.41, 5.74) is 7.35. The molecule has 1 amide bonds. The summed E-state index contributed by atoms with van der Waals surface area (Å²) in [5, 5.41) is 3.16. The molecule has 4 heteroatoms. The number of nitrogens with one attached hydrogen (secondary N) is 1. The van der Waals surface area contributed by atoms with Gasteiger partial charge in [-0.05, 0) is 43.7 Å². The number of nitrogens with two attached hydrogens (primary N) is 1. The Hall–Kier alpha value is -0.870. The highest BCUT2D eigenvalue weighted by Crippen LogP contribution is 2.50. The van der Waals surface area contributed by atoms with E-state index in [1.165, 1.54) is 5.56 Å². The summed E-state index contributed by atoms with van der Waals surface area (Å²) in [4.78, 5) is 12.2. The fraction of sp³-hybridized carbons (Fsp3) is 0.562. The molecule has 3 N–H and O–H groups in total. The van der Waals surface area contributed by atoms with Crippen molar-refractivity contribution in [2.24, 2.45) is 11.7 Å². The van der Waals surface area contributed by atoms with Crippen molar-refractivity contribution in [3.63, 3.8) is 0 Å². The molecule has 2 aliphatic carbocycles. The summed E-state index contributed by atoms with van der Waals surface area (Å²) in [6.07, 6.45) is 5.07. The lowest BCUT2D eigenvalue weighted by Gasteiger charge is -2.19. The van der Waals surface area contributed by atoms with Crippen LogP contribution in [0.1, 0.15) is 37.7 Å². The van der Waals surface area contributed by atoms with Gasteiger partial charge in [-0.1, -0.05) is 34.1 Å². The molecule has 0 spiro atoms. The quantitative estimate of drug-likeness (QED) is 0.888. The van der Waals surface area contributed by atoms with Gasteiger partial charge in [-0.2, -0.15) is 0 Å². The number of carbonyl (C=O) groups excluding carboxylic acids is 1. The van der Waals surface area contributed by atoms with Crippen LogP contribution < -0.4 is 11.1 Å². The minimum atomic E-state index is 0.125. The Balaban J connectivity index is 1.61. The van der Waals surface area contributed by atoms with Gasteiger partial charge >= 0.3 is 0 Å². The maximum Gasteiger partial charge on any atom is 0.223 e. The fourth-order valence-electron chi connectivity index (χ4n) is 3.24. The van der Waals surface area contributed by atoms with Crippen LogP contribution >= 0.6 is 15.9 Å². The number of amides is 1. The van der Waals surface area contributed by atoms with Gasteiger partial charge in [-0.15, -0.1) is 0 Å². The van der Waals surface area contributed by atoms with Crippen LogP contribution in [-0.2, 0) is 10.2 Å². The maximum absolute atomic E-state index is 12.2. The lowest BCUT2D eigenvalue weighted by Crippen LogP contribution is -2.36. The molecule has 2 fully saturated rings. The van der Waals surface area contributed by atoms with Gasteiger partial charge in [0, 0.05) is 28.4 Å². The van der Waals surface area contributed by atoms with Gasteiger partial charge in [0.1, 0.15) is 0 Å². The molecule has 0 aliphatic heterocycles. The Morgan fingerprint density at radius 3 is 2.70 bits per heavy atom. The third-order valence-electron chi connectivity index (χ3n) is 4.74. The van der Waals surface area contributed by atoms with Crippen molar-refractivity contribution >= 4 is 21.8 Å². The Morgan fingerprint density at radius 1 is 1.35 bits per heavy atom. The molecule has 0 saturated heterocycles. The average Bonchev–Trinajstić information content (AvgIpc) is 3.10. The van der Waals surface area contributed by atoms with Crippen LogP contribution in [0.4, 0.5) is 0 Å². The molecule has 0 bridgehead atoms. The lowest BCUT2D eigenvalue weighted by atomic mass is 9.95. The normalized spacial score (nSPS) is 27.3. The van der Waals surface area contributed by atoms with E-state index in [9.17, 15) is 4.79 Å². The second-order valence-electron chi connectivity index (χ2n) is 6.25. The minimum Gasteiger partial charge on any atom is -0.355 e. The first-order chi connectivity index (χ1) is 9.61. The topological polar surface area (TPSA) is 55.1 Å². The third-order valence-corrected chi connectivity index (χ3v) is 5.44. The second-order valence-corrected chi connectivity index (χ2v) is 7.10. The van der Waals surface area contributed by atoms with E-state index in [1.807, 2.05) is 6.07 Å². The molecule has 1 aromatic carbocycles. The summed E-state index contributed by atoms with van der Waals surface area (Å²) < 4.78 is 1.15. The summed E-state index contributed by atoms with van der Waals surface area (Å²) in [6.45, 7) is 0.750. The molecule has 2 unspecified atom stereocenters. The number of benzene rings is 1. The number of hydrogen-bond donors (Lipinski definition) is 2. The monoisotopic (exact) mass is 336 g/mol. The Labute approximate surface area is 128 Å². The van der Waals surface area contributed by atoms with Crippen LogP contribution in [0.5, 0.6) is 0 Å². The van der Waals surface area contributed by atoms with E-state index in [-0.39, 0.29) is 23.3 Å². The van der Waals surface area contributed by atoms with Crippen LogP contribution in [0, 0.1) is 5.92 Å². The molecule has 2 atom stereocenters. The van der Waals surface area contributed by atoms with Crippen molar-refractivity contribution in [3.8, 4) is 0 Å². The Bertz CT molecular complexity index is 513. The smallest absolute Gasteiger partial charge is 0.223 e. The number of hydrogen-bond acceptors (Lipinski definition) is 2. The highest BCUT2D eigenvalue weighted by molar-refractivity contribution is 9.10. The maximum atomic E-state index is 12.2. The van der Waals surface area contributed by atoms with Gasteiger partial charge in [0.05, 0.1) is 0 Å². The second kappa shape index (κ2) is 5.49. The van der Waals surface area contributed by atoms with Crippen LogP contribution in [0.2, 0.25) is 0 Å². The van der Waals surface area contributed by atoms with E-state index < -0.39 is 0 Å². The zero-order valence-corrected chi connectivity index (χ0v) is 13.2. The van der Waals surface area contributed by atoms with Crippen molar-refractivity contribution < 1.29 is 4.79 Å². The largest absolute Gasteiger partial charge is 0.355 e. The van der Waals surface area contributed by atoms with Gasteiger partial charge < -0.3 is 11.1 Å². The highest BCUT2D eigenvalue weighted by Gasteiger charge is 2.45. The number of halogens is 1. The van der Waals surface area contributed by atoms with E-state index in [0.717, 1.165) is 43.1 Å². The molecular formula is C16H21BrN2O. The number of rotatable bonds is 4. The Kier molecular flexibility index (Phi) is 3.87. The summed E-state index contributed by atoms with van der Waals surface area (Å²) in [7, 11) is 0. The van der Waals surface area contributed by atoms with Crippen molar-refractivity contribution in [1.82, 2.24) is 5.32 Å². The zero-order chi connectivity index (χ0) is 14.2. The van der Waals surface area contributed by atoms with Gasteiger partial charge in [0.2, 0.25) is 5.91 Å². The Morgan fingerprint density at radius 2 is 2.10 bits per heavy atom. The predicted octanol–water partition coefficient (Wildman–Crippen LogP) is 2.72. The van der Waals surface area contributed by atoms with E-state index in [1.54, 1.807) is 0 Å². The van der Waals surface area contributed by atoms with Crippen LogP contribution in [0.15, 0.2) is 28.7 Å². The van der Waals surface area contributed by atoms with Crippen molar-refractivity contribution in [1.29, 1.82) is 0 Å². The number of carbonyl (C=O) groups is 1. The van der Waals surface area contributed by atoms with E-state index in [2.05, 4.69) is 39.4 Å². The van der Waals surface area contributed by atoms with Crippen LogP contribution in [0.3, 0.4) is 0 Å². The molecule has 0 radical (unpaired) electrons. The van der Waals surface area contributed by atoms with E-state index >= 15 is 0 Å². The van der Waals surface area contributed by atoms with Crippen LogP contribution in [0.25, 0.3) is 0 Å². The standard InChI is InChI=1S/C16H21BrN2O/c17-14-4-2-1-3-13(14)16(7-8-16)10-19-15(20)11-5-6-12(18)9-11/h1-4,11-12H,5-10,18H2,(H,19,20). The van der Waals surface area contributed by atoms with Gasteiger partial charge in [-0.3, -0.25) is 4.79 Å². The summed E-state index contributed by atoms with van der Waals surface area (Å²) in [6, 6.07) is 8.55. The van der Waals surface area contributed by atoms with Gasteiger partial charge in [0.15, 0.2) is 0 Å². The fourth-order valence-corrected chi connectivity index (χ4v) is 3.94. The molecule has 108 valence electrons. The lowest BCUT2D eigenvalue weighted by molar-refractivity contribution is -0.124. The van der Waals surface area contributed by atoms with E-state index in [4.69, 9.17) is 5.73 Å². The first kappa shape index (κ1) is 14.1. The van der Waals surface area contributed by atoms with Gasteiger partial charge in [0.25, 0.3) is 0 Å². The molecule has 2 saturated carbocycles. The highest BCUT2D eigenvalue weighted by atomic mass is 79.9. The molecular weight excluding hydrogens is 316 g/mol. The summed E-state index contributed by atoms with van der Waals surface area (Å²) in [5.74, 6) is 0.316. The molecule has 0 aromatic heterocycles. The summed E-state index contributed by atoms with van der Waals surface area (Å²) >= 11 is 3.62. The minimum absolute atomic E-state index is 0.125.